The quantitative estimate of drug-likeness (QED) is 0.795. The van der Waals surface area contributed by atoms with Crippen LogP contribution in [0.15, 0.2) is 36.7 Å². The van der Waals surface area contributed by atoms with Crippen LogP contribution in [-0.4, -0.2) is 20.4 Å². The third-order valence-corrected chi connectivity index (χ3v) is 4.83. The van der Waals surface area contributed by atoms with Crippen LogP contribution in [0.4, 0.5) is 0 Å². The zero-order valence-corrected chi connectivity index (χ0v) is 14.6. The van der Waals surface area contributed by atoms with Gasteiger partial charge in [-0.3, -0.25) is 9.78 Å². The molecule has 0 atom stereocenters. The number of aryl methyl sites for hydroxylation is 1. The Morgan fingerprint density at radius 2 is 2.16 bits per heavy atom. The molecular weight excluding hydrogens is 312 g/mol. The maximum atomic E-state index is 13.0. The first kappa shape index (κ1) is 15.8. The van der Waals surface area contributed by atoms with Crippen LogP contribution in [0.5, 0.6) is 0 Å². The van der Waals surface area contributed by atoms with E-state index in [4.69, 9.17) is 4.98 Å². The molecule has 3 heterocycles. The lowest BCUT2D eigenvalue weighted by atomic mass is 10.0. The summed E-state index contributed by atoms with van der Waals surface area (Å²) in [5.41, 5.74) is 4.77. The van der Waals surface area contributed by atoms with Gasteiger partial charge in [0, 0.05) is 29.5 Å². The zero-order chi connectivity index (χ0) is 17.4. The van der Waals surface area contributed by atoms with E-state index < -0.39 is 0 Å². The second-order valence-corrected chi connectivity index (χ2v) is 6.82. The first-order valence-corrected chi connectivity index (χ1v) is 8.85. The number of rotatable bonds is 4. The average molecular weight is 334 g/mol. The van der Waals surface area contributed by atoms with E-state index in [1.54, 1.807) is 6.20 Å². The lowest BCUT2D eigenvalue weighted by molar-refractivity contribution is 0.0951. The summed E-state index contributed by atoms with van der Waals surface area (Å²) in [6.45, 7) is 4.70. The first-order valence-electron chi connectivity index (χ1n) is 8.85. The Hall–Kier alpha value is -2.69. The fraction of sp³-hybridized carbons (Fsp3) is 0.350. The Kier molecular flexibility index (Phi) is 3.99. The summed E-state index contributed by atoms with van der Waals surface area (Å²) in [7, 11) is 0. The average Bonchev–Trinajstić information content (AvgIpc) is 3.24. The molecule has 5 heteroatoms. The van der Waals surface area contributed by atoms with E-state index >= 15 is 0 Å². The van der Waals surface area contributed by atoms with Gasteiger partial charge in [0.15, 0.2) is 0 Å². The number of fused-ring (bicyclic) bond motifs is 2. The molecule has 0 aromatic carbocycles. The van der Waals surface area contributed by atoms with Crippen LogP contribution in [0.25, 0.3) is 11.0 Å². The Labute approximate surface area is 147 Å². The Morgan fingerprint density at radius 1 is 1.28 bits per heavy atom. The fourth-order valence-electron chi connectivity index (χ4n) is 3.60. The van der Waals surface area contributed by atoms with Gasteiger partial charge in [-0.25, -0.2) is 4.98 Å². The van der Waals surface area contributed by atoms with E-state index in [2.05, 4.69) is 28.7 Å². The van der Waals surface area contributed by atoms with Crippen LogP contribution in [0.3, 0.4) is 0 Å². The van der Waals surface area contributed by atoms with Crippen molar-refractivity contribution in [3.63, 3.8) is 0 Å². The molecule has 1 aliphatic carbocycles. The van der Waals surface area contributed by atoms with Gasteiger partial charge in [0.05, 0.1) is 17.8 Å². The Bertz CT molecular complexity index is 928. The van der Waals surface area contributed by atoms with E-state index in [0.717, 1.165) is 52.8 Å². The molecule has 0 aliphatic heterocycles. The maximum Gasteiger partial charge on any atom is 0.252 e. The smallest absolute Gasteiger partial charge is 0.252 e. The molecule has 3 aromatic heterocycles. The van der Waals surface area contributed by atoms with Crippen LogP contribution in [0.2, 0.25) is 0 Å². The highest BCUT2D eigenvalue weighted by Gasteiger charge is 2.25. The molecule has 3 aromatic rings. The SMILES string of the molecule is CC(C)n1ccc2c(C(=O)NCc3ccccn3)c3c(nc21)CCC3. The summed E-state index contributed by atoms with van der Waals surface area (Å²) in [5, 5.41) is 3.99. The first-order chi connectivity index (χ1) is 12.1. The molecular formula is C20H22N4O. The number of hydrogen-bond donors (Lipinski definition) is 1. The van der Waals surface area contributed by atoms with Crippen molar-refractivity contribution in [1.29, 1.82) is 0 Å². The lowest BCUT2D eigenvalue weighted by Crippen LogP contribution is -2.25. The summed E-state index contributed by atoms with van der Waals surface area (Å²) < 4.78 is 2.14. The molecule has 0 bridgehead atoms. The van der Waals surface area contributed by atoms with Gasteiger partial charge in [-0.1, -0.05) is 6.07 Å². The molecule has 0 saturated heterocycles. The minimum Gasteiger partial charge on any atom is -0.346 e. The third-order valence-electron chi connectivity index (χ3n) is 4.83. The van der Waals surface area contributed by atoms with Gasteiger partial charge in [0.25, 0.3) is 5.91 Å². The fourth-order valence-corrected chi connectivity index (χ4v) is 3.60. The van der Waals surface area contributed by atoms with Gasteiger partial charge in [0.2, 0.25) is 0 Å². The summed E-state index contributed by atoms with van der Waals surface area (Å²) in [4.78, 5) is 22.1. The van der Waals surface area contributed by atoms with E-state index in [-0.39, 0.29) is 5.91 Å². The molecule has 4 rings (SSSR count). The number of pyridine rings is 2. The molecule has 0 fully saturated rings. The molecule has 0 radical (unpaired) electrons. The maximum absolute atomic E-state index is 13.0. The van der Waals surface area contributed by atoms with Crippen LogP contribution >= 0.6 is 0 Å². The molecule has 5 nitrogen and oxygen atoms in total. The summed E-state index contributed by atoms with van der Waals surface area (Å²) in [5.74, 6) is -0.0299. The third kappa shape index (κ3) is 2.80. The van der Waals surface area contributed by atoms with Crippen LogP contribution in [0, 0.1) is 0 Å². The van der Waals surface area contributed by atoms with Crippen molar-refractivity contribution < 1.29 is 4.79 Å². The predicted molar refractivity (Wildman–Crippen MR) is 97.6 cm³/mol. The summed E-state index contributed by atoms with van der Waals surface area (Å²) >= 11 is 0. The molecule has 25 heavy (non-hydrogen) atoms. The normalized spacial score (nSPS) is 13.4. The summed E-state index contributed by atoms with van der Waals surface area (Å²) in [6.07, 6.45) is 6.73. The van der Waals surface area contributed by atoms with Crippen LogP contribution < -0.4 is 5.32 Å². The van der Waals surface area contributed by atoms with Crippen molar-refractivity contribution in [1.82, 2.24) is 19.9 Å². The topological polar surface area (TPSA) is 59.8 Å². The minimum absolute atomic E-state index is 0.0299. The largest absolute Gasteiger partial charge is 0.346 e. The number of amides is 1. The Morgan fingerprint density at radius 3 is 2.92 bits per heavy atom. The van der Waals surface area contributed by atoms with E-state index in [1.165, 1.54) is 0 Å². The van der Waals surface area contributed by atoms with Gasteiger partial charge < -0.3 is 9.88 Å². The van der Waals surface area contributed by atoms with Crippen molar-refractivity contribution in [3.05, 3.63) is 59.2 Å². The highest BCUT2D eigenvalue weighted by atomic mass is 16.1. The van der Waals surface area contributed by atoms with Gasteiger partial charge in [-0.05, 0) is 56.9 Å². The van der Waals surface area contributed by atoms with Crippen molar-refractivity contribution >= 4 is 16.9 Å². The minimum atomic E-state index is -0.0299. The number of nitrogens with zero attached hydrogens (tertiary/aromatic N) is 3. The molecule has 1 amide bonds. The van der Waals surface area contributed by atoms with Gasteiger partial charge in [-0.2, -0.15) is 0 Å². The number of carbonyl (C=O) groups is 1. The number of carbonyl (C=O) groups excluding carboxylic acids is 1. The van der Waals surface area contributed by atoms with Gasteiger partial charge in [-0.15, -0.1) is 0 Å². The second kappa shape index (κ2) is 6.31. The predicted octanol–water partition coefficient (Wildman–Crippen LogP) is 3.43. The zero-order valence-electron chi connectivity index (χ0n) is 14.6. The van der Waals surface area contributed by atoms with E-state index in [9.17, 15) is 4.79 Å². The van der Waals surface area contributed by atoms with Crippen molar-refractivity contribution in [3.8, 4) is 0 Å². The van der Waals surface area contributed by atoms with Crippen LogP contribution in [-0.2, 0) is 19.4 Å². The monoisotopic (exact) mass is 334 g/mol. The van der Waals surface area contributed by atoms with Gasteiger partial charge in [0.1, 0.15) is 5.65 Å². The molecule has 1 N–H and O–H groups in total. The number of aromatic nitrogens is 3. The van der Waals surface area contributed by atoms with Crippen molar-refractivity contribution in [2.45, 2.75) is 45.7 Å². The highest BCUT2D eigenvalue weighted by Crippen LogP contribution is 2.31. The Balaban J connectivity index is 1.74. The lowest BCUT2D eigenvalue weighted by Gasteiger charge is -2.13. The molecule has 1 aliphatic rings. The van der Waals surface area contributed by atoms with Crippen molar-refractivity contribution in [2.24, 2.45) is 0 Å². The highest BCUT2D eigenvalue weighted by molar-refractivity contribution is 6.07. The summed E-state index contributed by atoms with van der Waals surface area (Å²) in [6, 6.07) is 8.06. The van der Waals surface area contributed by atoms with Crippen molar-refractivity contribution in [2.75, 3.05) is 0 Å². The van der Waals surface area contributed by atoms with Crippen LogP contribution in [0.1, 0.15) is 53.6 Å². The number of hydrogen-bond acceptors (Lipinski definition) is 3. The standard InChI is InChI=1S/C20H22N4O/c1-13(2)24-11-9-16-18(15-7-5-8-17(15)23-19(16)24)20(25)22-12-14-6-3-4-10-21-14/h3-4,6,9-11,13H,5,7-8,12H2,1-2H3,(H,22,25). The molecule has 0 saturated carbocycles. The van der Waals surface area contributed by atoms with E-state index in [1.807, 2.05) is 30.5 Å². The molecule has 0 spiro atoms. The number of nitrogens with one attached hydrogen (secondary N) is 1. The second-order valence-electron chi connectivity index (χ2n) is 6.82. The molecule has 0 unspecified atom stereocenters. The van der Waals surface area contributed by atoms with Gasteiger partial charge >= 0.3 is 0 Å². The van der Waals surface area contributed by atoms with E-state index in [0.29, 0.717) is 12.6 Å². The molecule has 128 valence electrons.